The van der Waals surface area contributed by atoms with Gasteiger partial charge in [-0.15, -0.1) is 0 Å². The summed E-state index contributed by atoms with van der Waals surface area (Å²) >= 11 is 8.85. The zero-order valence-electron chi connectivity index (χ0n) is 12.4. The van der Waals surface area contributed by atoms with Crippen molar-refractivity contribution in [3.05, 3.63) is 63.6 Å². The number of halogens is 1. The van der Waals surface area contributed by atoms with Crippen LogP contribution in [0.25, 0.3) is 0 Å². The fraction of sp³-hybridized carbons (Fsp3) is 0.235. The quantitative estimate of drug-likeness (QED) is 0.741. The van der Waals surface area contributed by atoms with Gasteiger partial charge in [0.2, 0.25) is 0 Å². The summed E-state index contributed by atoms with van der Waals surface area (Å²) in [5.41, 5.74) is 4.77. The van der Waals surface area contributed by atoms with Crippen LogP contribution in [0.2, 0.25) is 0 Å². The van der Waals surface area contributed by atoms with Gasteiger partial charge in [0.1, 0.15) is 0 Å². The number of aryl methyl sites for hydroxylation is 2. The van der Waals surface area contributed by atoms with Gasteiger partial charge in [-0.1, -0.05) is 45.8 Å². The van der Waals surface area contributed by atoms with Crippen LogP contribution in [0.1, 0.15) is 29.7 Å². The maximum absolute atomic E-state index is 5.39. The summed E-state index contributed by atoms with van der Waals surface area (Å²) in [5, 5.41) is 7.17. The van der Waals surface area contributed by atoms with Crippen LogP contribution in [0.3, 0.4) is 0 Å². The third-order valence-electron chi connectivity index (χ3n) is 3.33. The van der Waals surface area contributed by atoms with E-state index >= 15 is 0 Å². The Morgan fingerprint density at radius 1 is 1.14 bits per heavy atom. The monoisotopic (exact) mass is 362 g/mol. The molecule has 0 unspecified atom stereocenters. The average molecular weight is 363 g/mol. The molecule has 0 radical (unpaired) electrons. The Labute approximate surface area is 140 Å². The van der Waals surface area contributed by atoms with Crippen LogP contribution in [0.4, 0.5) is 5.69 Å². The van der Waals surface area contributed by atoms with E-state index in [1.165, 1.54) is 16.7 Å². The lowest BCUT2D eigenvalue weighted by molar-refractivity contribution is 0.716. The largest absolute Gasteiger partial charge is 0.356 e. The van der Waals surface area contributed by atoms with Gasteiger partial charge >= 0.3 is 0 Å². The van der Waals surface area contributed by atoms with Gasteiger partial charge in [-0.25, -0.2) is 0 Å². The van der Waals surface area contributed by atoms with Crippen LogP contribution >= 0.6 is 28.1 Å². The standard InChI is InChI=1S/C17H19BrN2S/c1-11-7-8-12(2)16(9-11)13(3)19-17(21)20-15-6-4-5-14(18)10-15/h4-10,13H,1-3H3,(H2,19,20,21)/t13-/m0/s1. The van der Waals surface area contributed by atoms with E-state index in [0.29, 0.717) is 5.11 Å². The van der Waals surface area contributed by atoms with Crippen molar-refractivity contribution < 1.29 is 0 Å². The van der Waals surface area contributed by atoms with Gasteiger partial charge < -0.3 is 10.6 Å². The first-order valence-corrected chi connectivity index (χ1v) is 8.06. The molecule has 2 aromatic carbocycles. The molecular formula is C17H19BrN2S. The molecule has 0 heterocycles. The third-order valence-corrected chi connectivity index (χ3v) is 4.04. The molecule has 0 spiro atoms. The smallest absolute Gasteiger partial charge is 0.171 e. The normalized spacial score (nSPS) is 11.8. The van der Waals surface area contributed by atoms with Gasteiger partial charge in [0.15, 0.2) is 5.11 Å². The molecule has 0 aliphatic carbocycles. The molecule has 21 heavy (non-hydrogen) atoms. The highest BCUT2D eigenvalue weighted by Gasteiger charge is 2.10. The van der Waals surface area contributed by atoms with E-state index in [9.17, 15) is 0 Å². The van der Waals surface area contributed by atoms with E-state index in [4.69, 9.17) is 12.2 Å². The Balaban J connectivity index is 2.03. The predicted molar refractivity (Wildman–Crippen MR) is 97.8 cm³/mol. The van der Waals surface area contributed by atoms with E-state index < -0.39 is 0 Å². The van der Waals surface area contributed by atoms with Gasteiger partial charge in [-0.2, -0.15) is 0 Å². The summed E-state index contributed by atoms with van der Waals surface area (Å²) in [7, 11) is 0. The second-order valence-corrected chi connectivity index (χ2v) is 6.51. The van der Waals surface area contributed by atoms with Crippen LogP contribution < -0.4 is 10.6 Å². The lowest BCUT2D eigenvalue weighted by Gasteiger charge is -2.19. The zero-order chi connectivity index (χ0) is 15.4. The van der Waals surface area contributed by atoms with Crippen molar-refractivity contribution in [1.82, 2.24) is 5.32 Å². The molecule has 2 nitrogen and oxygen atoms in total. The Kier molecular flexibility index (Phi) is 5.37. The first-order chi connectivity index (χ1) is 9.95. The molecule has 2 aromatic rings. The number of anilines is 1. The van der Waals surface area contributed by atoms with E-state index in [1.807, 2.05) is 24.3 Å². The molecule has 0 saturated carbocycles. The van der Waals surface area contributed by atoms with Gasteiger partial charge in [0.05, 0.1) is 6.04 Å². The predicted octanol–water partition coefficient (Wildman–Crippen LogP) is 5.11. The molecular weight excluding hydrogens is 344 g/mol. The van der Waals surface area contributed by atoms with Crippen LogP contribution in [-0.2, 0) is 0 Å². The van der Waals surface area contributed by atoms with E-state index in [1.54, 1.807) is 0 Å². The number of rotatable bonds is 3. The van der Waals surface area contributed by atoms with Crippen molar-refractivity contribution in [2.24, 2.45) is 0 Å². The number of thiocarbonyl (C=S) groups is 1. The SMILES string of the molecule is Cc1ccc(C)c([C@H](C)NC(=S)Nc2cccc(Br)c2)c1. The first-order valence-electron chi connectivity index (χ1n) is 6.86. The molecule has 2 rings (SSSR count). The second-order valence-electron chi connectivity index (χ2n) is 5.19. The maximum Gasteiger partial charge on any atom is 0.171 e. The van der Waals surface area contributed by atoms with E-state index in [2.05, 4.69) is 65.5 Å². The first kappa shape index (κ1) is 16.0. The summed E-state index contributed by atoms with van der Waals surface area (Å²) in [4.78, 5) is 0. The minimum Gasteiger partial charge on any atom is -0.356 e. The fourth-order valence-electron chi connectivity index (χ4n) is 2.23. The van der Waals surface area contributed by atoms with E-state index in [-0.39, 0.29) is 6.04 Å². The molecule has 0 bridgehead atoms. The van der Waals surface area contributed by atoms with E-state index in [0.717, 1.165) is 10.2 Å². The van der Waals surface area contributed by atoms with Crippen molar-refractivity contribution in [3.63, 3.8) is 0 Å². The molecule has 110 valence electrons. The van der Waals surface area contributed by atoms with Gasteiger partial charge in [-0.05, 0) is 62.3 Å². The summed E-state index contributed by atoms with van der Waals surface area (Å²) < 4.78 is 1.03. The van der Waals surface area contributed by atoms with Crippen LogP contribution in [0.5, 0.6) is 0 Å². The number of nitrogens with one attached hydrogen (secondary N) is 2. The maximum atomic E-state index is 5.39. The highest BCUT2D eigenvalue weighted by molar-refractivity contribution is 9.10. The molecule has 0 aliphatic rings. The van der Waals surface area contributed by atoms with Crippen molar-refractivity contribution in [1.29, 1.82) is 0 Å². The lowest BCUT2D eigenvalue weighted by atomic mass is 10.0. The van der Waals surface area contributed by atoms with Gasteiger partial charge in [-0.3, -0.25) is 0 Å². The van der Waals surface area contributed by atoms with Crippen LogP contribution in [-0.4, -0.2) is 5.11 Å². The third kappa shape index (κ3) is 4.55. The van der Waals surface area contributed by atoms with Gasteiger partial charge in [0.25, 0.3) is 0 Å². The molecule has 4 heteroatoms. The van der Waals surface area contributed by atoms with Crippen molar-refractivity contribution in [2.75, 3.05) is 5.32 Å². The Bertz CT molecular complexity index is 655. The zero-order valence-corrected chi connectivity index (χ0v) is 14.8. The minimum absolute atomic E-state index is 0.164. The Morgan fingerprint density at radius 3 is 2.62 bits per heavy atom. The highest BCUT2D eigenvalue weighted by Crippen LogP contribution is 2.20. The number of hydrogen-bond acceptors (Lipinski definition) is 1. The molecule has 1 atom stereocenters. The lowest BCUT2D eigenvalue weighted by Crippen LogP contribution is -2.31. The molecule has 0 fully saturated rings. The summed E-state index contributed by atoms with van der Waals surface area (Å²) in [6.45, 7) is 6.35. The summed E-state index contributed by atoms with van der Waals surface area (Å²) in [6, 6.07) is 14.6. The van der Waals surface area contributed by atoms with Crippen molar-refractivity contribution in [2.45, 2.75) is 26.8 Å². The molecule has 0 aromatic heterocycles. The van der Waals surface area contributed by atoms with Gasteiger partial charge in [0, 0.05) is 10.2 Å². The number of benzene rings is 2. The minimum atomic E-state index is 0.164. The topological polar surface area (TPSA) is 24.1 Å². The van der Waals surface area contributed by atoms with Crippen LogP contribution in [0.15, 0.2) is 46.9 Å². The molecule has 0 aliphatic heterocycles. The number of hydrogen-bond donors (Lipinski definition) is 2. The van der Waals surface area contributed by atoms with Crippen molar-refractivity contribution >= 4 is 38.9 Å². The average Bonchev–Trinajstić information content (AvgIpc) is 2.41. The van der Waals surface area contributed by atoms with Crippen LogP contribution in [0, 0.1) is 13.8 Å². The second kappa shape index (κ2) is 7.05. The summed E-state index contributed by atoms with van der Waals surface area (Å²) in [6.07, 6.45) is 0. The van der Waals surface area contributed by atoms with Crippen molar-refractivity contribution in [3.8, 4) is 0 Å². The Morgan fingerprint density at radius 2 is 1.90 bits per heavy atom. The Hall–Kier alpha value is -1.39. The molecule has 0 amide bonds. The molecule has 2 N–H and O–H groups in total. The summed E-state index contributed by atoms with van der Waals surface area (Å²) in [5.74, 6) is 0. The fourth-order valence-corrected chi connectivity index (χ4v) is 2.93. The molecule has 0 saturated heterocycles. The highest BCUT2D eigenvalue weighted by atomic mass is 79.9.